The highest BCUT2D eigenvalue weighted by molar-refractivity contribution is 9.08. The van der Waals surface area contributed by atoms with E-state index in [2.05, 4.69) is 20.9 Å². The van der Waals surface area contributed by atoms with E-state index >= 15 is 0 Å². The van der Waals surface area contributed by atoms with Gasteiger partial charge in [0.15, 0.2) is 0 Å². The predicted molar refractivity (Wildman–Crippen MR) is 53.5 cm³/mol. The van der Waals surface area contributed by atoms with E-state index in [0.717, 1.165) is 6.07 Å². The fourth-order valence-electron chi connectivity index (χ4n) is 0.943. The molecule has 1 aromatic heterocycles. The number of aromatic nitrogens is 1. The second kappa shape index (κ2) is 4.80. The third-order valence-electron chi connectivity index (χ3n) is 1.59. The topological polar surface area (TPSA) is 56.0 Å². The summed E-state index contributed by atoms with van der Waals surface area (Å²) in [5.74, 6) is 0. The number of alkyl halides is 3. The van der Waals surface area contributed by atoms with Gasteiger partial charge in [-0.25, -0.2) is 13.8 Å². The molecule has 8 heteroatoms. The fourth-order valence-corrected chi connectivity index (χ4v) is 1.58. The molecule has 1 aromatic rings. The number of rotatable bonds is 3. The van der Waals surface area contributed by atoms with Crippen molar-refractivity contribution in [2.45, 2.75) is 11.8 Å². The number of halogens is 4. The second-order valence-electron chi connectivity index (χ2n) is 2.51. The van der Waals surface area contributed by atoms with Crippen LogP contribution in [0.3, 0.4) is 0 Å². The summed E-state index contributed by atoms with van der Waals surface area (Å²) < 4.78 is 24.7. The molecule has 0 aliphatic heterocycles. The highest BCUT2D eigenvalue weighted by Gasteiger charge is 2.22. The van der Waals surface area contributed by atoms with Crippen LogP contribution < -0.4 is 0 Å². The fraction of sp³-hybridized carbons (Fsp3) is 0.286. The van der Waals surface area contributed by atoms with Crippen molar-refractivity contribution in [1.29, 1.82) is 0 Å². The van der Waals surface area contributed by atoms with Crippen LogP contribution in [0.15, 0.2) is 6.07 Å². The molecule has 4 nitrogen and oxygen atoms in total. The maximum atomic E-state index is 12.3. The van der Waals surface area contributed by atoms with Crippen molar-refractivity contribution < 1.29 is 13.7 Å². The van der Waals surface area contributed by atoms with Crippen molar-refractivity contribution in [1.82, 2.24) is 4.98 Å². The maximum Gasteiger partial charge on any atom is 0.293 e. The molecule has 0 bridgehead atoms. The van der Waals surface area contributed by atoms with E-state index in [1.165, 1.54) is 0 Å². The standard InChI is InChI=1S/C7H4BrClF2N2O2/c8-2-4-5(13(14)15)1-3(9)6(12-4)7(10)11/h1,7H,2H2. The molecule has 0 saturated heterocycles. The molecule has 0 N–H and O–H groups in total. The molecular weight excluding hydrogens is 297 g/mol. The summed E-state index contributed by atoms with van der Waals surface area (Å²) in [6.45, 7) is 0. The molecule has 0 aromatic carbocycles. The molecule has 0 spiro atoms. The van der Waals surface area contributed by atoms with Gasteiger partial charge in [-0.1, -0.05) is 27.5 Å². The van der Waals surface area contributed by atoms with Crippen LogP contribution in [0.25, 0.3) is 0 Å². The molecule has 15 heavy (non-hydrogen) atoms. The summed E-state index contributed by atoms with van der Waals surface area (Å²) >= 11 is 8.36. The van der Waals surface area contributed by atoms with Crippen LogP contribution in [0.1, 0.15) is 17.8 Å². The molecule has 82 valence electrons. The van der Waals surface area contributed by atoms with Crippen molar-refractivity contribution in [2.75, 3.05) is 0 Å². The first-order valence-electron chi connectivity index (χ1n) is 3.65. The van der Waals surface area contributed by atoms with Crippen LogP contribution in [-0.4, -0.2) is 9.91 Å². The van der Waals surface area contributed by atoms with E-state index in [1.54, 1.807) is 0 Å². The molecular formula is C7H4BrClF2N2O2. The number of hydrogen-bond acceptors (Lipinski definition) is 3. The van der Waals surface area contributed by atoms with Crippen LogP contribution in [0.5, 0.6) is 0 Å². The number of hydrogen-bond donors (Lipinski definition) is 0. The first-order valence-corrected chi connectivity index (χ1v) is 5.15. The Balaban J connectivity index is 3.35. The van der Waals surface area contributed by atoms with Gasteiger partial charge in [-0.3, -0.25) is 10.1 Å². The molecule has 1 rings (SSSR count). The largest absolute Gasteiger partial charge is 0.293 e. The van der Waals surface area contributed by atoms with Crippen molar-refractivity contribution in [3.05, 3.63) is 32.6 Å². The highest BCUT2D eigenvalue weighted by atomic mass is 79.9. The van der Waals surface area contributed by atoms with Crippen molar-refractivity contribution >= 4 is 33.2 Å². The Morgan fingerprint density at radius 2 is 2.27 bits per heavy atom. The molecule has 1 heterocycles. The van der Waals surface area contributed by atoms with E-state index in [-0.39, 0.29) is 16.7 Å². The minimum atomic E-state index is -2.85. The van der Waals surface area contributed by atoms with Gasteiger partial charge in [-0.15, -0.1) is 0 Å². The first kappa shape index (κ1) is 12.3. The van der Waals surface area contributed by atoms with Crippen LogP contribution in [0.4, 0.5) is 14.5 Å². The molecule has 0 saturated carbocycles. The minimum absolute atomic E-state index is 0.0141. The van der Waals surface area contributed by atoms with E-state index in [1.807, 2.05) is 0 Å². The molecule has 0 aliphatic carbocycles. The summed E-state index contributed by atoms with van der Waals surface area (Å²) in [5, 5.41) is 10.1. The SMILES string of the molecule is O=[N+]([O-])c1cc(Cl)c(C(F)F)nc1CBr. The number of nitrogens with zero attached hydrogens (tertiary/aromatic N) is 2. The molecule has 0 aliphatic rings. The smallest absolute Gasteiger partial charge is 0.258 e. The van der Waals surface area contributed by atoms with Crippen LogP contribution in [-0.2, 0) is 5.33 Å². The van der Waals surface area contributed by atoms with Gasteiger partial charge in [0.1, 0.15) is 11.4 Å². The van der Waals surface area contributed by atoms with Crippen molar-refractivity contribution in [2.24, 2.45) is 0 Å². The molecule has 0 atom stereocenters. The van der Waals surface area contributed by atoms with Gasteiger partial charge < -0.3 is 0 Å². The number of nitro groups is 1. The number of pyridine rings is 1. The lowest BCUT2D eigenvalue weighted by atomic mass is 10.2. The van der Waals surface area contributed by atoms with Crippen LogP contribution in [0.2, 0.25) is 5.02 Å². The van der Waals surface area contributed by atoms with Gasteiger partial charge in [0.25, 0.3) is 12.1 Å². The van der Waals surface area contributed by atoms with Crippen LogP contribution >= 0.6 is 27.5 Å². The maximum absolute atomic E-state index is 12.3. The minimum Gasteiger partial charge on any atom is -0.258 e. The molecule has 0 fully saturated rings. The first-order chi connectivity index (χ1) is 6.97. The normalized spacial score (nSPS) is 10.7. The lowest BCUT2D eigenvalue weighted by Gasteiger charge is -2.04. The Labute approximate surface area is 96.5 Å². The van der Waals surface area contributed by atoms with Crippen molar-refractivity contribution in [3.63, 3.8) is 0 Å². The lowest BCUT2D eigenvalue weighted by molar-refractivity contribution is -0.385. The van der Waals surface area contributed by atoms with Gasteiger partial charge in [-0.2, -0.15) is 0 Å². The summed E-state index contributed by atoms with van der Waals surface area (Å²) in [5.41, 5.74) is -1.09. The van der Waals surface area contributed by atoms with Crippen molar-refractivity contribution in [3.8, 4) is 0 Å². The van der Waals surface area contributed by atoms with Gasteiger partial charge in [0.2, 0.25) is 0 Å². The van der Waals surface area contributed by atoms with Gasteiger partial charge in [0, 0.05) is 6.07 Å². The molecule has 0 radical (unpaired) electrons. The van der Waals surface area contributed by atoms with E-state index in [4.69, 9.17) is 11.6 Å². The summed E-state index contributed by atoms with van der Waals surface area (Å²) in [4.78, 5) is 13.2. The average molecular weight is 301 g/mol. The monoisotopic (exact) mass is 300 g/mol. The molecule has 0 amide bonds. The van der Waals surface area contributed by atoms with E-state index in [9.17, 15) is 18.9 Å². The summed E-state index contributed by atoms with van der Waals surface area (Å²) in [7, 11) is 0. The van der Waals surface area contributed by atoms with Gasteiger partial charge >= 0.3 is 0 Å². The lowest BCUT2D eigenvalue weighted by Crippen LogP contribution is -2.01. The third kappa shape index (κ3) is 2.60. The predicted octanol–water partition coefficient (Wildman–Crippen LogP) is 3.48. The summed E-state index contributed by atoms with van der Waals surface area (Å²) in [6.07, 6.45) is -2.85. The zero-order valence-corrected chi connectivity index (χ0v) is 9.43. The third-order valence-corrected chi connectivity index (χ3v) is 2.42. The summed E-state index contributed by atoms with van der Waals surface area (Å²) in [6, 6.07) is 0.882. The second-order valence-corrected chi connectivity index (χ2v) is 3.48. The Kier molecular flexibility index (Phi) is 3.92. The van der Waals surface area contributed by atoms with Crippen LogP contribution in [0, 0.1) is 10.1 Å². The van der Waals surface area contributed by atoms with E-state index < -0.39 is 22.1 Å². The Hall–Kier alpha value is -0.820. The Morgan fingerprint density at radius 3 is 2.67 bits per heavy atom. The van der Waals surface area contributed by atoms with Gasteiger partial charge in [0.05, 0.1) is 15.3 Å². The highest BCUT2D eigenvalue weighted by Crippen LogP contribution is 2.31. The van der Waals surface area contributed by atoms with Gasteiger partial charge in [-0.05, 0) is 0 Å². The zero-order valence-electron chi connectivity index (χ0n) is 7.08. The Bertz CT molecular complexity index is 403. The average Bonchev–Trinajstić information content (AvgIpc) is 2.16. The van der Waals surface area contributed by atoms with E-state index in [0.29, 0.717) is 0 Å². The Morgan fingerprint density at radius 1 is 1.67 bits per heavy atom. The zero-order chi connectivity index (χ0) is 11.6. The quantitative estimate of drug-likeness (QED) is 0.488. The molecule has 0 unspecified atom stereocenters.